The monoisotopic (exact) mass is 75.0 g/mol. The summed E-state index contributed by atoms with van der Waals surface area (Å²) in [6.07, 6.45) is 0. The molecule has 0 spiro atoms. The Morgan fingerprint density at radius 2 is 1.50 bits per heavy atom. The van der Waals surface area contributed by atoms with Crippen LogP contribution in [0.5, 0.6) is 0 Å². The van der Waals surface area contributed by atoms with Crippen LogP contribution in [0.15, 0.2) is 0 Å². The lowest BCUT2D eigenvalue weighted by atomic mass is 11.9. The predicted molar refractivity (Wildman–Crippen MR) is 19.6 cm³/mol. The molecule has 0 bridgehead atoms. The van der Waals surface area contributed by atoms with Crippen molar-refractivity contribution in [3.8, 4) is 0 Å². The van der Waals surface area contributed by atoms with Crippen molar-refractivity contribution in [2.24, 2.45) is 0 Å². The van der Waals surface area contributed by atoms with Crippen molar-refractivity contribution in [2.45, 2.75) is 13.1 Å². The van der Waals surface area contributed by atoms with Crippen molar-refractivity contribution in [3.05, 3.63) is 0 Å². The summed E-state index contributed by atoms with van der Waals surface area (Å²) in [5, 5.41) is 0. The van der Waals surface area contributed by atoms with Gasteiger partial charge in [0.2, 0.25) is 9.04 Å². The number of hydrogen-bond donors (Lipinski definition) is 0. The van der Waals surface area contributed by atoms with Crippen LogP contribution in [0.3, 0.4) is 0 Å². The molecule has 2 heteroatoms. The van der Waals surface area contributed by atoms with Crippen LogP contribution in [0.25, 0.3) is 0 Å². The molecule has 4 heavy (non-hydrogen) atoms. The van der Waals surface area contributed by atoms with Crippen LogP contribution in [0, 0.1) is 0 Å². The van der Waals surface area contributed by atoms with Gasteiger partial charge < -0.3 is 4.80 Å². The van der Waals surface area contributed by atoms with Crippen LogP contribution in [-0.2, 0) is 4.80 Å². The highest BCUT2D eigenvalue weighted by atomic mass is 28.3. The van der Waals surface area contributed by atoms with E-state index in [-0.39, 0.29) is 0 Å². The van der Waals surface area contributed by atoms with Gasteiger partial charge in [-0.05, 0) is 13.1 Å². The first kappa shape index (κ1) is 4.18. The molecule has 0 fully saturated rings. The summed E-state index contributed by atoms with van der Waals surface area (Å²) in [4.78, 5) is 9.67. The predicted octanol–water partition coefficient (Wildman–Crippen LogP) is 0.400. The van der Waals surface area contributed by atoms with E-state index in [1.54, 1.807) is 13.1 Å². The van der Waals surface area contributed by atoms with Gasteiger partial charge in [-0.15, -0.1) is 0 Å². The fourth-order valence-corrected chi connectivity index (χ4v) is 0. The van der Waals surface area contributed by atoms with Crippen molar-refractivity contribution in [2.75, 3.05) is 0 Å². The first-order valence-corrected chi connectivity index (χ1v) is 4.17. The average molecular weight is 75.2 g/mol. The van der Waals surface area contributed by atoms with E-state index in [2.05, 4.69) is 0 Å². The molecule has 0 aliphatic heterocycles. The fraction of sp³-hybridized carbons (Fsp3) is 1.00. The van der Waals surface area contributed by atoms with E-state index >= 15 is 0 Å². The largest absolute Gasteiger partial charge is 0.302 e. The molecule has 0 aliphatic carbocycles. The minimum atomic E-state index is -1.39. The molecular formula is C2H7OSi. The van der Waals surface area contributed by atoms with E-state index < -0.39 is 9.04 Å². The van der Waals surface area contributed by atoms with E-state index in [1.807, 2.05) is 0 Å². The van der Waals surface area contributed by atoms with E-state index in [0.29, 0.717) is 0 Å². The molecule has 1 radical (unpaired) electrons. The standard InChI is InChI=1S/C2H7OSi/c1-4(2)3/h4H,1-2H3. The van der Waals surface area contributed by atoms with E-state index in [1.165, 1.54) is 0 Å². The Labute approximate surface area is 28.0 Å². The zero-order chi connectivity index (χ0) is 3.58. The normalized spacial score (nSPS) is 9.00. The number of rotatable bonds is 0. The van der Waals surface area contributed by atoms with Crippen molar-refractivity contribution in [1.82, 2.24) is 0 Å². The summed E-state index contributed by atoms with van der Waals surface area (Å²) in [7, 11) is -1.39. The molecule has 0 N–H and O–H groups in total. The summed E-state index contributed by atoms with van der Waals surface area (Å²) in [5.74, 6) is 0. The van der Waals surface area contributed by atoms with Gasteiger partial charge in [0, 0.05) is 0 Å². The maximum Gasteiger partial charge on any atom is 0.216 e. The maximum atomic E-state index is 9.67. The van der Waals surface area contributed by atoms with Crippen molar-refractivity contribution in [3.63, 3.8) is 0 Å². The molecule has 0 aromatic carbocycles. The van der Waals surface area contributed by atoms with Gasteiger partial charge in [-0.25, -0.2) is 0 Å². The molecule has 0 unspecified atom stereocenters. The fourth-order valence-electron chi connectivity index (χ4n) is 0. The van der Waals surface area contributed by atoms with Gasteiger partial charge >= 0.3 is 0 Å². The molecule has 0 aromatic heterocycles. The Balaban J connectivity index is 2.32. The SMILES string of the molecule is C[SiH](C)[O]. The second-order valence-corrected chi connectivity index (χ2v) is 3.15. The molecule has 0 amide bonds. The first-order valence-electron chi connectivity index (χ1n) is 1.39. The second-order valence-electron chi connectivity index (χ2n) is 1.05. The third-order valence-corrected chi connectivity index (χ3v) is 0. The topological polar surface area (TPSA) is 19.9 Å². The van der Waals surface area contributed by atoms with Gasteiger partial charge in [-0.3, -0.25) is 0 Å². The van der Waals surface area contributed by atoms with Gasteiger partial charge in [0.1, 0.15) is 0 Å². The van der Waals surface area contributed by atoms with Crippen LogP contribution in [0.4, 0.5) is 0 Å². The summed E-state index contributed by atoms with van der Waals surface area (Å²) < 4.78 is 0. The van der Waals surface area contributed by atoms with Gasteiger partial charge in [0.25, 0.3) is 0 Å². The molecule has 0 aliphatic rings. The Hall–Kier alpha value is 0.177. The lowest BCUT2D eigenvalue weighted by molar-refractivity contribution is 0.460. The molecular weight excluding hydrogens is 68.1 g/mol. The maximum absolute atomic E-state index is 9.67. The smallest absolute Gasteiger partial charge is 0.216 e. The second kappa shape index (κ2) is 1.49. The number of hydrogen-bond acceptors (Lipinski definition) is 0. The Bertz CT molecular complexity index is 10.8. The third kappa shape index (κ3) is 96.4. The quantitative estimate of drug-likeness (QED) is 0.371. The summed E-state index contributed by atoms with van der Waals surface area (Å²) >= 11 is 0. The minimum Gasteiger partial charge on any atom is -0.302 e. The molecule has 0 rings (SSSR count). The first-order chi connectivity index (χ1) is 1.73. The highest BCUT2D eigenvalue weighted by molar-refractivity contribution is 6.46. The molecule has 0 atom stereocenters. The summed E-state index contributed by atoms with van der Waals surface area (Å²) in [6, 6.07) is 0. The van der Waals surface area contributed by atoms with Crippen molar-refractivity contribution in [1.29, 1.82) is 0 Å². The summed E-state index contributed by atoms with van der Waals surface area (Å²) in [5.41, 5.74) is 0. The molecule has 0 heterocycles. The van der Waals surface area contributed by atoms with Crippen molar-refractivity contribution < 1.29 is 4.80 Å². The van der Waals surface area contributed by atoms with Crippen LogP contribution < -0.4 is 0 Å². The van der Waals surface area contributed by atoms with E-state index in [0.717, 1.165) is 0 Å². The Kier molecular flexibility index (Phi) is 1.56. The van der Waals surface area contributed by atoms with Crippen LogP contribution in [0.2, 0.25) is 13.1 Å². The average Bonchev–Trinajstić information content (AvgIpc) is 0.811. The minimum absolute atomic E-state index is 1.39. The molecule has 1 nitrogen and oxygen atoms in total. The van der Waals surface area contributed by atoms with Crippen LogP contribution in [0.1, 0.15) is 0 Å². The Morgan fingerprint density at radius 1 is 1.50 bits per heavy atom. The molecule has 0 saturated carbocycles. The highest BCUT2D eigenvalue weighted by Crippen LogP contribution is 1.62. The van der Waals surface area contributed by atoms with Gasteiger partial charge in [0.15, 0.2) is 0 Å². The molecule has 0 aromatic rings. The van der Waals surface area contributed by atoms with Gasteiger partial charge in [0.05, 0.1) is 0 Å². The lowest BCUT2D eigenvalue weighted by Crippen LogP contribution is -1.89. The highest BCUT2D eigenvalue weighted by Gasteiger charge is 1.79. The third-order valence-electron chi connectivity index (χ3n) is 0. The van der Waals surface area contributed by atoms with Crippen molar-refractivity contribution >= 4 is 9.04 Å². The zero-order valence-corrected chi connectivity index (χ0v) is 4.14. The Morgan fingerprint density at radius 3 is 1.50 bits per heavy atom. The van der Waals surface area contributed by atoms with Gasteiger partial charge in [-0.2, -0.15) is 0 Å². The van der Waals surface area contributed by atoms with E-state index in [4.69, 9.17) is 0 Å². The van der Waals surface area contributed by atoms with Gasteiger partial charge in [-0.1, -0.05) is 0 Å². The van der Waals surface area contributed by atoms with E-state index in [9.17, 15) is 4.80 Å². The zero-order valence-electron chi connectivity index (χ0n) is 2.99. The lowest BCUT2D eigenvalue weighted by Gasteiger charge is -1.70. The van der Waals surface area contributed by atoms with Crippen LogP contribution >= 0.6 is 0 Å². The molecule has 0 saturated heterocycles. The summed E-state index contributed by atoms with van der Waals surface area (Å²) in [6.45, 7) is 3.50. The molecule has 25 valence electrons. The van der Waals surface area contributed by atoms with Crippen LogP contribution in [-0.4, -0.2) is 9.04 Å².